The zero-order chi connectivity index (χ0) is 13.0. The molecule has 4 heteroatoms. The van der Waals surface area contributed by atoms with Gasteiger partial charge in [0.15, 0.2) is 0 Å². The van der Waals surface area contributed by atoms with Gasteiger partial charge in [-0.15, -0.1) is 0 Å². The van der Waals surface area contributed by atoms with Gasteiger partial charge < -0.3 is 10.6 Å². The third-order valence-corrected chi connectivity index (χ3v) is 3.90. The van der Waals surface area contributed by atoms with Gasteiger partial charge in [-0.05, 0) is 31.0 Å². The van der Waals surface area contributed by atoms with E-state index >= 15 is 0 Å². The second-order valence-corrected chi connectivity index (χ2v) is 5.24. The molecule has 1 fully saturated rings. The molecule has 0 spiro atoms. The van der Waals surface area contributed by atoms with E-state index in [-0.39, 0.29) is 11.3 Å². The lowest BCUT2D eigenvalue weighted by Crippen LogP contribution is -2.45. The molecule has 2 N–H and O–H groups in total. The van der Waals surface area contributed by atoms with Crippen LogP contribution in [0.4, 0.5) is 0 Å². The SMILES string of the molecule is CC(C)C1(C(=O)NCc2ccccn2)CCNC1. The largest absolute Gasteiger partial charge is 0.350 e. The molecule has 2 heterocycles. The number of amides is 1. The summed E-state index contributed by atoms with van der Waals surface area (Å²) in [7, 11) is 0. The van der Waals surface area contributed by atoms with Gasteiger partial charge in [0.2, 0.25) is 5.91 Å². The number of hydrogen-bond acceptors (Lipinski definition) is 3. The van der Waals surface area contributed by atoms with E-state index in [9.17, 15) is 4.79 Å². The molecule has 0 aromatic carbocycles. The van der Waals surface area contributed by atoms with E-state index in [1.807, 2.05) is 18.2 Å². The monoisotopic (exact) mass is 247 g/mol. The van der Waals surface area contributed by atoms with Gasteiger partial charge in [0.1, 0.15) is 0 Å². The van der Waals surface area contributed by atoms with Gasteiger partial charge in [-0.2, -0.15) is 0 Å². The van der Waals surface area contributed by atoms with Crippen molar-refractivity contribution in [1.29, 1.82) is 0 Å². The second kappa shape index (κ2) is 5.48. The van der Waals surface area contributed by atoms with Crippen molar-refractivity contribution in [2.75, 3.05) is 13.1 Å². The highest BCUT2D eigenvalue weighted by Crippen LogP contribution is 2.34. The van der Waals surface area contributed by atoms with Gasteiger partial charge in [-0.1, -0.05) is 19.9 Å². The average molecular weight is 247 g/mol. The first-order valence-corrected chi connectivity index (χ1v) is 6.54. The van der Waals surface area contributed by atoms with Crippen LogP contribution in [0.5, 0.6) is 0 Å². The van der Waals surface area contributed by atoms with Crippen molar-refractivity contribution in [3.05, 3.63) is 30.1 Å². The van der Waals surface area contributed by atoms with Crippen LogP contribution in [0.3, 0.4) is 0 Å². The number of carbonyl (C=O) groups excluding carboxylic acids is 1. The van der Waals surface area contributed by atoms with Crippen molar-refractivity contribution in [1.82, 2.24) is 15.6 Å². The Labute approximate surface area is 108 Å². The normalized spacial score (nSPS) is 23.3. The van der Waals surface area contributed by atoms with Crippen molar-refractivity contribution < 1.29 is 4.79 Å². The molecule has 2 rings (SSSR count). The Morgan fingerprint density at radius 1 is 1.56 bits per heavy atom. The van der Waals surface area contributed by atoms with Crippen molar-refractivity contribution in [2.24, 2.45) is 11.3 Å². The molecule has 1 atom stereocenters. The Morgan fingerprint density at radius 2 is 2.39 bits per heavy atom. The lowest BCUT2D eigenvalue weighted by Gasteiger charge is -2.31. The maximum atomic E-state index is 12.4. The molecule has 0 bridgehead atoms. The minimum Gasteiger partial charge on any atom is -0.350 e. The third-order valence-electron chi connectivity index (χ3n) is 3.90. The van der Waals surface area contributed by atoms with E-state index in [4.69, 9.17) is 0 Å². The molecule has 1 aliphatic heterocycles. The highest BCUT2D eigenvalue weighted by atomic mass is 16.2. The number of hydrogen-bond donors (Lipinski definition) is 2. The molecule has 1 aromatic heterocycles. The average Bonchev–Trinajstić information content (AvgIpc) is 2.88. The van der Waals surface area contributed by atoms with Crippen LogP contribution in [0.2, 0.25) is 0 Å². The quantitative estimate of drug-likeness (QED) is 0.844. The minimum atomic E-state index is -0.255. The van der Waals surface area contributed by atoms with Crippen molar-refractivity contribution in [3.8, 4) is 0 Å². The molecule has 0 aliphatic carbocycles. The first-order valence-electron chi connectivity index (χ1n) is 6.54. The minimum absolute atomic E-state index is 0.146. The fourth-order valence-corrected chi connectivity index (χ4v) is 2.51. The van der Waals surface area contributed by atoms with E-state index in [0.29, 0.717) is 12.5 Å². The van der Waals surface area contributed by atoms with Crippen LogP contribution in [0.1, 0.15) is 26.0 Å². The maximum Gasteiger partial charge on any atom is 0.228 e. The summed E-state index contributed by atoms with van der Waals surface area (Å²) in [6, 6.07) is 5.74. The van der Waals surface area contributed by atoms with Gasteiger partial charge in [0, 0.05) is 12.7 Å². The molecule has 4 nitrogen and oxygen atoms in total. The molecule has 1 unspecified atom stereocenters. The number of rotatable bonds is 4. The Morgan fingerprint density at radius 3 is 2.94 bits per heavy atom. The van der Waals surface area contributed by atoms with Gasteiger partial charge in [0.05, 0.1) is 17.7 Å². The number of nitrogens with zero attached hydrogens (tertiary/aromatic N) is 1. The summed E-state index contributed by atoms with van der Waals surface area (Å²) in [6.07, 6.45) is 2.66. The van der Waals surface area contributed by atoms with E-state index < -0.39 is 0 Å². The Hall–Kier alpha value is -1.42. The topological polar surface area (TPSA) is 54.0 Å². The molecule has 1 amide bonds. The fraction of sp³-hybridized carbons (Fsp3) is 0.571. The van der Waals surface area contributed by atoms with Crippen molar-refractivity contribution in [3.63, 3.8) is 0 Å². The number of nitrogens with one attached hydrogen (secondary N) is 2. The van der Waals surface area contributed by atoms with Crippen molar-refractivity contribution >= 4 is 5.91 Å². The standard InChI is InChI=1S/C14H21N3O/c1-11(2)14(6-8-15-10-14)13(18)17-9-12-5-3-4-7-16-12/h3-5,7,11,15H,6,8-10H2,1-2H3,(H,17,18). The van der Waals surface area contributed by atoms with Crippen molar-refractivity contribution in [2.45, 2.75) is 26.8 Å². The molecular weight excluding hydrogens is 226 g/mol. The van der Waals surface area contributed by atoms with Gasteiger partial charge >= 0.3 is 0 Å². The van der Waals surface area contributed by atoms with Gasteiger partial charge in [-0.25, -0.2) is 0 Å². The summed E-state index contributed by atoms with van der Waals surface area (Å²) in [5.74, 6) is 0.490. The second-order valence-electron chi connectivity index (χ2n) is 5.24. The molecule has 98 valence electrons. The van der Waals surface area contributed by atoms with Crippen LogP contribution in [0.25, 0.3) is 0 Å². The summed E-state index contributed by atoms with van der Waals surface area (Å²) < 4.78 is 0. The van der Waals surface area contributed by atoms with Crippen LogP contribution in [0.15, 0.2) is 24.4 Å². The predicted molar refractivity (Wildman–Crippen MR) is 70.8 cm³/mol. The van der Waals surface area contributed by atoms with Gasteiger partial charge in [-0.3, -0.25) is 9.78 Å². The summed E-state index contributed by atoms with van der Waals surface area (Å²) in [4.78, 5) is 16.6. The fourth-order valence-electron chi connectivity index (χ4n) is 2.51. The molecule has 1 aromatic rings. The maximum absolute atomic E-state index is 12.4. The van der Waals surface area contributed by atoms with Crippen LogP contribution in [0, 0.1) is 11.3 Å². The zero-order valence-corrected chi connectivity index (χ0v) is 11.1. The Bertz CT molecular complexity index is 397. The molecule has 18 heavy (non-hydrogen) atoms. The van der Waals surface area contributed by atoms with Crippen LogP contribution >= 0.6 is 0 Å². The number of pyridine rings is 1. The molecule has 0 radical (unpaired) electrons. The molecule has 1 aliphatic rings. The van der Waals surface area contributed by atoms with E-state index in [0.717, 1.165) is 25.2 Å². The zero-order valence-electron chi connectivity index (χ0n) is 11.1. The number of carbonyl (C=O) groups is 1. The van der Waals surface area contributed by atoms with E-state index in [1.54, 1.807) is 6.20 Å². The Balaban J connectivity index is 1.98. The Kier molecular flexibility index (Phi) is 3.97. The summed E-state index contributed by atoms with van der Waals surface area (Å²) in [5, 5.41) is 6.32. The molecule has 1 saturated heterocycles. The van der Waals surface area contributed by atoms with Crippen LogP contribution in [-0.4, -0.2) is 24.0 Å². The molecule has 0 saturated carbocycles. The highest BCUT2D eigenvalue weighted by molar-refractivity contribution is 5.83. The lowest BCUT2D eigenvalue weighted by molar-refractivity contribution is -0.132. The van der Waals surface area contributed by atoms with Crippen LogP contribution < -0.4 is 10.6 Å². The summed E-state index contributed by atoms with van der Waals surface area (Å²) >= 11 is 0. The third kappa shape index (κ3) is 2.53. The van der Waals surface area contributed by atoms with Crippen LogP contribution in [-0.2, 0) is 11.3 Å². The molecular formula is C14H21N3O. The first-order chi connectivity index (χ1) is 8.65. The smallest absolute Gasteiger partial charge is 0.228 e. The van der Waals surface area contributed by atoms with Gasteiger partial charge in [0.25, 0.3) is 0 Å². The number of aromatic nitrogens is 1. The first kappa shape index (κ1) is 13.0. The predicted octanol–water partition coefficient (Wildman–Crippen LogP) is 1.33. The highest BCUT2D eigenvalue weighted by Gasteiger charge is 2.43. The summed E-state index contributed by atoms with van der Waals surface area (Å²) in [6.45, 7) is 6.45. The van der Waals surface area contributed by atoms with E-state index in [2.05, 4.69) is 29.5 Å². The van der Waals surface area contributed by atoms with E-state index in [1.165, 1.54) is 0 Å². The summed E-state index contributed by atoms with van der Waals surface area (Å²) in [5.41, 5.74) is 0.644. The lowest BCUT2D eigenvalue weighted by atomic mass is 9.75.